The Kier molecular flexibility index (Phi) is 5.83. The molecule has 2 atom stereocenters. The molecule has 0 saturated heterocycles. The van der Waals surface area contributed by atoms with Gasteiger partial charge in [-0.25, -0.2) is 8.42 Å². The summed E-state index contributed by atoms with van der Waals surface area (Å²) in [6.45, 7) is 3.82. The van der Waals surface area contributed by atoms with Crippen LogP contribution in [0, 0.1) is 0 Å². The number of amides is 1. The van der Waals surface area contributed by atoms with E-state index in [0.717, 1.165) is 18.1 Å². The Hall–Kier alpha value is -2.36. The SMILES string of the molecule is CC[C@H](C)NC(=O)[C@@H](NS(=O)(=O)c1cccc2nsnc12)c1ccccc1. The lowest BCUT2D eigenvalue weighted by molar-refractivity contribution is -0.123. The third-order valence-corrected chi connectivity index (χ3v) is 6.20. The van der Waals surface area contributed by atoms with Crippen molar-refractivity contribution >= 4 is 38.7 Å². The zero-order valence-corrected chi connectivity index (χ0v) is 16.5. The molecule has 142 valence electrons. The second kappa shape index (κ2) is 8.12. The van der Waals surface area contributed by atoms with Gasteiger partial charge in [0.2, 0.25) is 15.9 Å². The lowest BCUT2D eigenvalue weighted by Crippen LogP contribution is -2.43. The van der Waals surface area contributed by atoms with Gasteiger partial charge in [0.15, 0.2) is 0 Å². The van der Waals surface area contributed by atoms with Crippen molar-refractivity contribution in [2.24, 2.45) is 0 Å². The monoisotopic (exact) mass is 404 g/mol. The minimum absolute atomic E-state index is 0.00558. The first-order chi connectivity index (χ1) is 12.9. The topological polar surface area (TPSA) is 101 Å². The van der Waals surface area contributed by atoms with Crippen molar-refractivity contribution in [3.63, 3.8) is 0 Å². The highest BCUT2D eigenvalue weighted by Crippen LogP contribution is 2.23. The number of carbonyl (C=O) groups is 1. The van der Waals surface area contributed by atoms with Crippen LogP contribution in [0.25, 0.3) is 11.0 Å². The summed E-state index contributed by atoms with van der Waals surface area (Å²) in [5.74, 6) is -0.400. The van der Waals surface area contributed by atoms with Crippen molar-refractivity contribution in [2.45, 2.75) is 37.2 Å². The third kappa shape index (κ3) is 4.32. The van der Waals surface area contributed by atoms with Crippen molar-refractivity contribution < 1.29 is 13.2 Å². The summed E-state index contributed by atoms with van der Waals surface area (Å²) in [6, 6.07) is 12.4. The van der Waals surface area contributed by atoms with Crippen LogP contribution < -0.4 is 10.0 Å². The molecule has 3 rings (SSSR count). The number of fused-ring (bicyclic) bond motifs is 1. The number of carbonyl (C=O) groups excluding carboxylic acids is 1. The molecule has 0 aliphatic carbocycles. The zero-order chi connectivity index (χ0) is 19.4. The average molecular weight is 405 g/mol. The van der Waals surface area contributed by atoms with Gasteiger partial charge in [0, 0.05) is 6.04 Å². The fraction of sp³-hybridized carbons (Fsp3) is 0.278. The van der Waals surface area contributed by atoms with Crippen molar-refractivity contribution in [1.29, 1.82) is 0 Å². The van der Waals surface area contributed by atoms with Crippen LogP contribution in [0.2, 0.25) is 0 Å². The molecule has 2 aromatic carbocycles. The van der Waals surface area contributed by atoms with E-state index in [1.807, 2.05) is 19.9 Å². The van der Waals surface area contributed by atoms with E-state index in [1.165, 1.54) is 6.07 Å². The maximum Gasteiger partial charge on any atom is 0.243 e. The van der Waals surface area contributed by atoms with Crippen LogP contribution in [0.4, 0.5) is 0 Å². The predicted octanol–water partition coefficient (Wildman–Crippen LogP) is 2.63. The molecule has 0 unspecified atom stereocenters. The molecule has 0 aliphatic rings. The highest BCUT2D eigenvalue weighted by Gasteiger charge is 2.29. The van der Waals surface area contributed by atoms with Crippen LogP contribution in [-0.2, 0) is 14.8 Å². The van der Waals surface area contributed by atoms with Gasteiger partial charge in [0.25, 0.3) is 0 Å². The first kappa shape index (κ1) is 19.4. The molecule has 27 heavy (non-hydrogen) atoms. The number of nitrogens with zero attached hydrogens (tertiary/aromatic N) is 2. The molecule has 0 saturated carbocycles. The summed E-state index contributed by atoms with van der Waals surface area (Å²) in [5, 5.41) is 2.84. The molecule has 2 N–H and O–H groups in total. The van der Waals surface area contributed by atoms with Crippen molar-refractivity contribution in [3.8, 4) is 0 Å². The Labute approximate surface area is 162 Å². The van der Waals surface area contributed by atoms with Crippen molar-refractivity contribution in [2.75, 3.05) is 0 Å². The summed E-state index contributed by atoms with van der Waals surface area (Å²) in [7, 11) is -4.00. The van der Waals surface area contributed by atoms with E-state index in [0.29, 0.717) is 16.6 Å². The number of nitrogens with one attached hydrogen (secondary N) is 2. The smallest absolute Gasteiger partial charge is 0.243 e. The molecule has 7 nitrogen and oxygen atoms in total. The number of hydrogen-bond acceptors (Lipinski definition) is 6. The third-order valence-electron chi connectivity index (χ3n) is 4.21. The number of benzene rings is 2. The Morgan fingerprint density at radius 3 is 2.56 bits per heavy atom. The average Bonchev–Trinajstić information content (AvgIpc) is 3.15. The lowest BCUT2D eigenvalue weighted by Gasteiger charge is -2.21. The van der Waals surface area contributed by atoms with Gasteiger partial charge in [-0.3, -0.25) is 4.79 Å². The Balaban J connectivity index is 1.98. The van der Waals surface area contributed by atoms with E-state index in [2.05, 4.69) is 18.8 Å². The Bertz CT molecular complexity index is 1030. The highest BCUT2D eigenvalue weighted by molar-refractivity contribution is 7.89. The maximum atomic E-state index is 13.0. The van der Waals surface area contributed by atoms with Crippen LogP contribution in [0.3, 0.4) is 0 Å². The van der Waals surface area contributed by atoms with E-state index in [-0.39, 0.29) is 10.9 Å². The predicted molar refractivity (Wildman–Crippen MR) is 105 cm³/mol. The normalized spacial score (nSPS) is 14.0. The molecule has 9 heteroatoms. The molecular weight excluding hydrogens is 384 g/mol. The minimum atomic E-state index is -4.00. The van der Waals surface area contributed by atoms with Gasteiger partial charge in [0.05, 0.1) is 11.7 Å². The second-order valence-corrected chi connectivity index (χ2v) is 8.38. The standard InChI is InChI=1S/C18H20N4O3S2/c1-3-12(2)19-18(23)16(13-8-5-4-6-9-13)22-27(24,25)15-11-7-10-14-17(15)21-26-20-14/h4-12,16,22H,3H2,1-2H3,(H,19,23)/t12-,16-/m0/s1. The van der Waals surface area contributed by atoms with E-state index >= 15 is 0 Å². The molecule has 0 aliphatic heterocycles. The molecule has 0 fully saturated rings. The first-order valence-corrected chi connectivity index (χ1v) is 10.7. The van der Waals surface area contributed by atoms with Crippen LogP contribution in [0.5, 0.6) is 0 Å². The van der Waals surface area contributed by atoms with Gasteiger partial charge < -0.3 is 5.32 Å². The quantitative estimate of drug-likeness (QED) is 0.630. The number of rotatable bonds is 7. The van der Waals surface area contributed by atoms with Gasteiger partial charge in [-0.2, -0.15) is 13.5 Å². The Morgan fingerprint density at radius 2 is 1.85 bits per heavy atom. The number of sulfonamides is 1. The Morgan fingerprint density at radius 1 is 1.11 bits per heavy atom. The van der Waals surface area contributed by atoms with Crippen LogP contribution in [0.15, 0.2) is 53.4 Å². The minimum Gasteiger partial charge on any atom is -0.352 e. The summed E-state index contributed by atoms with van der Waals surface area (Å²) in [5.41, 5.74) is 1.36. The molecule has 3 aromatic rings. The zero-order valence-electron chi connectivity index (χ0n) is 14.9. The van der Waals surface area contributed by atoms with Crippen LogP contribution in [0.1, 0.15) is 31.9 Å². The van der Waals surface area contributed by atoms with Gasteiger partial charge in [-0.15, -0.1) is 0 Å². The largest absolute Gasteiger partial charge is 0.352 e. The molecule has 1 amide bonds. The van der Waals surface area contributed by atoms with E-state index in [9.17, 15) is 13.2 Å². The van der Waals surface area contributed by atoms with Gasteiger partial charge in [-0.05, 0) is 31.0 Å². The van der Waals surface area contributed by atoms with E-state index in [1.54, 1.807) is 36.4 Å². The molecular formula is C18H20N4O3S2. The van der Waals surface area contributed by atoms with E-state index < -0.39 is 22.0 Å². The molecule has 0 bridgehead atoms. The lowest BCUT2D eigenvalue weighted by atomic mass is 10.1. The maximum absolute atomic E-state index is 13.0. The van der Waals surface area contributed by atoms with Gasteiger partial charge in [-0.1, -0.05) is 43.3 Å². The fourth-order valence-electron chi connectivity index (χ4n) is 2.56. The summed E-state index contributed by atoms with van der Waals surface area (Å²) in [4.78, 5) is 12.8. The second-order valence-electron chi connectivity index (χ2n) is 6.17. The number of hydrogen-bond donors (Lipinski definition) is 2. The number of aromatic nitrogens is 2. The van der Waals surface area contributed by atoms with Crippen molar-refractivity contribution in [1.82, 2.24) is 18.8 Å². The summed E-state index contributed by atoms with van der Waals surface area (Å²) in [6.07, 6.45) is 0.740. The van der Waals surface area contributed by atoms with Crippen molar-refractivity contribution in [3.05, 3.63) is 54.1 Å². The van der Waals surface area contributed by atoms with Crippen LogP contribution >= 0.6 is 11.7 Å². The van der Waals surface area contributed by atoms with E-state index in [4.69, 9.17) is 0 Å². The van der Waals surface area contributed by atoms with Gasteiger partial charge in [0.1, 0.15) is 22.0 Å². The molecule has 1 aromatic heterocycles. The molecule has 0 spiro atoms. The first-order valence-electron chi connectivity index (χ1n) is 8.51. The fourth-order valence-corrected chi connectivity index (χ4v) is 4.51. The highest BCUT2D eigenvalue weighted by atomic mass is 32.2. The van der Waals surface area contributed by atoms with Gasteiger partial charge >= 0.3 is 0 Å². The molecule has 1 heterocycles. The summed E-state index contributed by atoms with van der Waals surface area (Å²) < 4.78 is 36.8. The van der Waals surface area contributed by atoms with Crippen LogP contribution in [-0.4, -0.2) is 29.1 Å². The summed E-state index contributed by atoms with van der Waals surface area (Å²) >= 11 is 0.945. The molecule has 0 radical (unpaired) electrons.